The minimum Gasteiger partial charge on any atom is -0.314 e. The summed E-state index contributed by atoms with van der Waals surface area (Å²) in [6, 6.07) is 0.0427. The molecule has 0 amide bonds. The van der Waals surface area contributed by atoms with E-state index in [2.05, 4.69) is 5.32 Å². The van der Waals surface area contributed by atoms with Crippen molar-refractivity contribution in [3.63, 3.8) is 0 Å². The van der Waals surface area contributed by atoms with Crippen molar-refractivity contribution in [3.05, 3.63) is 0 Å². The van der Waals surface area contributed by atoms with Gasteiger partial charge in [-0.25, -0.2) is 0 Å². The number of nitrogens with zero attached hydrogens (tertiary/aromatic N) is 2. The van der Waals surface area contributed by atoms with Crippen LogP contribution >= 0.6 is 12.4 Å². The van der Waals surface area contributed by atoms with Gasteiger partial charge in [0, 0.05) is 39.8 Å². The number of nitrogens with one attached hydrogen (secondary N) is 1. The van der Waals surface area contributed by atoms with Gasteiger partial charge in [0.2, 0.25) is 0 Å². The van der Waals surface area contributed by atoms with E-state index >= 15 is 0 Å². The quantitative estimate of drug-likeness (QED) is 0.712. The topological polar surface area (TPSA) is 52.7 Å². The Bertz CT molecular complexity index is 268. The van der Waals surface area contributed by atoms with Gasteiger partial charge in [0.15, 0.2) is 0 Å². The molecular formula is C7H18ClN3O2S. The first-order valence-corrected chi connectivity index (χ1v) is 5.76. The van der Waals surface area contributed by atoms with Crippen LogP contribution in [0.4, 0.5) is 0 Å². The van der Waals surface area contributed by atoms with E-state index in [1.165, 1.54) is 8.61 Å². The molecule has 0 aromatic carbocycles. The normalized spacial score (nSPS) is 24.7. The fourth-order valence-corrected chi connectivity index (χ4v) is 2.65. The molecular weight excluding hydrogens is 226 g/mol. The molecule has 14 heavy (non-hydrogen) atoms. The molecule has 1 fully saturated rings. The second-order valence-corrected chi connectivity index (χ2v) is 5.55. The predicted molar refractivity (Wildman–Crippen MR) is 58.9 cm³/mol. The average molecular weight is 244 g/mol. The molecule has 0 aromatic rings. The van der Waals surface area contributed by atoms with Gasteiger partial charge in [-0.1, -0.05) is 0 Å². The molecule has 86 valence electrons. The summed E-state index contributed by atoms with van der Waals surface area (Å²) in [5, 5.41) is 3.15. The maximum Gasteiger partial charge on any atom is 0.281 e. The highest BCUT2D eigenvalue weighted by Crippen LogP contribution is 2.10. The largest absolute Gasteiger partial charge is 0.314 e. The second kappa shape index (κ2) is 5.27. The zero-order chi connectivity index (χ0) is 10.1. The molecule has 1 aliphatic heterocycles. The van der Waals surface area contributed by atoms with Crippen LogP contribution in [0.5, 0.6) is 0 Å². The summed E-state index contributed by atoms with van der Waals surface area (Å²) in [6.07, 6.45) is 0. The molecule has 0 bridgehead atoms. The molecule has 1 saturated heterocycles. The lowest BCUT2D eigenvalue weighted by atomic mass is 10.3. The lowest BCUT2D eigenvalue weighted by Gasteiger charge is -2.34. The molecule has 1 N–H and O–H groups in total. The molecule has 1 unspecified atom stereocenters. The molecule has 5 nitrogen and oxygen atoms in total. The highest BCUT2D eigenvalue weighted by Gasteiger charge is 2.30. The van der Waals surface area contributed by atoms with Crippen molar-refractivity contribution in [2.45, 2.75) is 13.0 Å². The van der Waals surface area contributed by atoms with Crippen LogP contribution < -0.4 is 5.32 Å². The van der Waals surface area contributed by atoms with Crippen molar-refractivity contribution in [3.8, 4) is 0 Å². The maximum absolute atomic E-state index is 11.7. The summed E-state index contributed by atoms with van der Waals surface area (Å²) in [6.45, 7) is 3.93. The van der Waals surface area contributed by atoms with E-state index in [-0.39, 0.29) is 18.4 Å². The number of rotatable bonds is 2. The molecule has 7 heteroatoms. The fraction of sp³-hybridized carbons (Fsp3) is 1.00. The van der Waals surface area contributed by atoms with E-state index in [9.17, 15) is 8.42 Å². The highest BCUT2D eigenvalue weighted by molar-refractivity contribution is 7.86. The van der Waals surface area contributed by atoms with Gasteiger partial charge in [0.05, 0.1) is 0 Å². The maximum atomic E-state index is 11.7. The zero-order valence-electron chi connectivity index (χ0n) is 8.73. The highest BCUT2D eigenvalue weighted by atomic mass is 35.5. The summed E-state index contributed by atoms with van der Waals surface area (Å²) in [4.78, 5) is 0. The number of halogens is 1. The molecule has 0 spiro atoms. The van der Waals surface area contributed by atoms with Gasteiger partial charge >= 0.3 is 0 Å². The van der Waals surface area contributed by atoms with Gasteiger partial charge in [-0.15, -0.1) is 12.4 Å². The Balaban J connectivity index is 0.00000169. The molecule has 0 aromatic heterocycles. The van der Waals surface area contributed by atoms with Crippen molar-refractivity contribution in [2.24, 2.45) is 0 Å². The minimum atomic E-state index is -3.22. The minimum absolute atomic E-state index is 0. The summed E-state index contributed by atoms with van der Waals surface area (Å²) >= 11 is 0. The first-order valence-electron chi connectivity index (χ1n) is 4.36. The molecule has 1 rings (SSSR count). The van der Waals surface area contributed by atoms with E-state index in [1.54, 1.807) is 14.1 Å². The Kier molecular flexibility index (Phi) is 5.32. The van der Waals surface area contributed by atoms with Crippen molar-refractivity contribution in [2.75, 3.05) is 33.7 Å². The lowest BCUT2D eigenvalue weighted by molar-refractivity contribution is 0.268. The summed E-state index contributed by atoms with van der Waals surface area (Å²) in [7, 11) is -0.103. The van der Waals surface area contributed by atoms with Crippen LogP contribution in [0.1, 0.15) is 6.92 Å². The van der Waals surface area contributed by atoms with Gasteiger partial charge in [0.1, 0.15) is 0 Å². The van der Waals surface area contributed by atoms with Crippen molar-refractivity contribution in [1.82, 2.24) is 13.9 Å². The molecule has 0 aliphatic carbocycles. The third-order valence-electron chi connectivity index (χ3n) is 2.20. The van der Waals surface area contributed by atoms with Gasteiger partial charge in [-0.05, 0) is 6.92 Å². The van der Waals surface area contributed by atoms with Gasteiger partial charge in [-0.3, -0.25) is 0 Å². The van der Waals surface area contributed by atoms with Crippen LogP contribution in [-0.2, 0) is 10.2 Å². The van der Waals surface area contributed by atoms with Crippen LogP contribution in [-0.4, -0.2) is 56.8 Å². The van der Waals surface area contributed by atoms with Crippen molar-refractivity contribution in [1.29, 1.82) is 0 Å². The Hall–Kier alpha value is 0.120. The van der Waals surface area contributed by atoms with Crippen LogP contribution in [0.25, 0.3) is 0 Å². The van der Waals surface area contributed by atoms with E-state index in [0.29, 0.717) is 6.54 Å². The van der Waals surface area contributed by atoms with E-state index in [1.807, 2.05) is 6.92 Å². The Labute approximate surface area is 92.0 Å². The average Bonchev–Trinajstić information content (AvgIpc) is 2.04. The van der Waals surface area contributed by atoms with Crippen LogP contribution in [0.15, 0.2) is 0 Å². The Morgan fingerprint density at radius 1 is 1.43 bits per heavy atom. The SMILES string of the molecule is CC1CNCCN1S(=O)(=O)N(C)C.Cl. The zero-order valence-corrected chi connectivity index (χ0v) is 10.4. The van der Waals surface area contributed by atoms with Gasteiger partial charge < -0.3 is 5.32 Å². The number of piperazine rings is 1. The first-order chi connectivity index (χ1) is 5.96. The molecule has 1 atom stereocenters. The van der Waals surface area contributed by atoms with Crippen LogP contribution in [0.2, 0.25) is 0 Å². The van der Waals surface area contributed by atoms with Crippen molar-refractivity contribution < 1.29 is 8.42 Å². The monoisotopic (exact) mass is 243 g/mol. The third-order valence-corrected chi connectivity index (χ3v) is 4.26. The second-order valence-electron chi connectivity index (χ2n) is 3.45. The summed E-state index contributed by atoms with van der Waals surface area (Å²) < 4.78 is 26.2. The number of hydrogen-bond donors (Lipinski definition) is 1. The Morgan fingerprint density at radius 2 is 2.00 bits per heavy atom. The van der Waals surface area contributed by atoms with Crippen LogP contribution in [0, 0.1) is 0 Å². The molecule has 0 radical (unpaired) electrons. The van der Waals surface area contributed by atoms with Crippen molar-refractivity contribution >= 4 is 22.6 Å². The first kappa shape index (κ1) is 14.1. The number of hydrogen-bond acceptors (Lipinski definition) is 3. The lowest BCUT2D eigenvalue weighted by Crippen LogP contribution is -2.54. The smallest absolute Gasteiger partial charge is 0.281 e. The summed E-state index contributed by atoms with van der Waals surface area (Å²) in [5.41, 5.74) is 0. The van der Waals surface area contributed by atoms with Gasteiger partial charge in [-0.2, -0.15) is 17.0 Å². The van der Waals surface area contributed by atoms with Crippen LogP contribution in [0.3, 0.4) is 0 Å². The summed E-state index contributed by atoms with van der Waals surface area (Å²) in [5.74, 6) is 0. The standard InChI is InChI=1S/C7H17N3O2S.ClH/c1-7-6-8-4-5-10(7)13(11,12)9(2)3;/h7-8H,4-6H2,1-3H3;1H. The Morgan fingerprint density at radius 3 is 2.43 bits per heavy atom. The molecule has 1 heterocycles. The predicted octanol–water partition coefficient (Wildman–Crippen LogP) is -0.492. The van der Waals surface area contributed by atoms with Gasteiger partial charge in [0.25, 0.3) is 10.2 Å². The fourth-order valence-electron chi connectivity index (χ4n) is 1.37. The van der Waals surface area contributed by atoms with E-state index < -0.39 is 10.2 Å². The van der Waals surface area contributed by atoms with E-state index in [4.69, 9.17) is 0 Å². The molecule has 0 saturated carbocycles. The van der Waals surface area contributed by atoms with E-state index in [0.717, 1.165) is 13.1 Å². The molecule has 1 aliphatic rings. The third kappa shape index (κ3) is 2.80.